The molecule has 608 valence electrons. The Morgan fingerprint density at radius 3 is 1.12 bits per heavy atom. The van der Waals surface area contributed by atoms with E-state index in [0.717, 1.165) is 19.1 Å². The van der Waals surface area contributed by atoms with E-state index in [9.17, 15) is 0 Å². The van der Waals surface area contributed by atoms with E-state index >= 15 is 0 Å². The van der Waals surface area contributed by atoms with E-state index in [4.69, 9.17) is 28.4 Å². The van der Waals surface area contributed by atoms with Crippen molar-refractivity contribution < 1.29 is 28.4 Å². The number of hydrogen-bond acceptors (Lipinski definition) is 8. The molecule has 6 nitrogen and oxygen atoms in total. The zero-order valence-corrected chi connectivity index (χ0v) is 73.0. The van der Waals surface area contributed by atoms with E-state index < -0.39 is 0 Å². The van der Waals surface area contributed by atoms with Crippen LogP contribution >= 0.6 is 23.5 Å². The summed E-state index contributed by atoms with van der Waals surface area (Å²) in [7, 11) is 3.36. The van der Waals surface area contributed by atoms with Gasteiger partial charge < -0.3 is 28.4 Å². The maximum atomic E-state index is 5.58. The van der Waals surface area contributed by atoms with Crippen LogP contribution in [0.15, 0.2) is 222 Å². The summed E-state index contributed by atoms with van der Waals surface area (Å²) in [6.45, 7) is 46.3. The average molecular weight is 1550 g/mol. The fraction of sp³-hybridized carbons (Fsp3) is 0.442. The lowest BCUT2D eigenvalue weighted by atomic mass is 9.99. The van der Waals surface area contributed by atoms with Gasteiger partial charge in [-0.25, -0.2) is 0 Å². The predicted molar refractivity (Wildman–Crippen MR) is 491 cm³/mol. The molecule has 0 spiro atoms. The second-order valence-electron chi connectivity index (χ2n) is 31.2. The van der Waals surface area contributed by atoms with Crippen LogP contribution in [0.2, 0.25) is 0 Å². The Balaban J connectivity index is 0.000000267. The van der Waals surface area contributed by atoms with Crippen LogP contribution < -0.4 is 0 Å². The summed E-state index contributed by atoms with van der Waals surface area (Å²) in [5.41, 5.74) is 25.5. The fourth-order valence-electron chi connectivity index (χ4n) is 13.0. The number of methoxy groups -OCH3 is 2. The summed E-state index contributed by atoms with van der Waals surface area (Å²) >= 11 is 4.02. The second kappa shape index (κ2) is 52.4. The first-order valence-electron chi connectivity index (χ1n) is 40.5. The van der Waals surface area contributed by atoms with Crippen LogP contribution in [0, 0.1) is 122 Å². The molecule has 0 aliphatic carbocycles. The smallest absolute Gasteiger partial charge is 0.115 e. The van der Waals surface area contributed by atoms with Crippen LogP contribution in [-0.2, 0) is 28.4 Å². The average Bonchev–Trinajstić information content (AvgIpc) is 1.64. The van der Waals surface area contributed by atoms with Crippen molar-refractivity contribution in [2.75, 3.05) is 52.2 Å². The van der Waals surface area contributed by atoms with Gasteiger partial charge in [-0.3, -0.25) is 0 Å². The Morgan fingerprint density at radius 1 is 0.339 bits per heavy atom. The number of rotatable bonds is 16. The van der Waals surface area contributed by atoms with Crippen molar-refractivity contribution in [2.45, 2.75) is 245 Å². The SMILES string of the molecule is C.C.CCC(C)CSc1cc(C)ccc1C.CCCCCCCCSc1cc(C)ccc1C.CO[C@@H]1CO[C@H]2[C@@H]1OC[C@H]2OC.C[C@@H]1COC2C1OC[C@@H]2C.Cc1ccc(-c2ccc(C)cc2)cc1.Cc1ccc(C)c(-c2ccccc2)c1.Cc1ccc(C)c(C)c1.Cc1ccc(C)cc1.Cc1ccc2cc(C)ccc2c1. The molecular weight excluding hydrogens is 1410 g/mol. The highest BCUT2D eigenvalue weighted by Crippen LogP contribution is 2.35. The van der Waals surface area contributed by atoms with E-state index in [-0.39, 0.29) is 39.3 Å². The molecule has 3 unspecified atom stereocenters. The molecule has 4 heterocycles. The van der Waals surface area contributed by atoms with Gasteiger partial charge >= 0.3 is 0 Å². The van der Waals surface area contributed by atoms with Gasteiger partial charge in [-0.1, -0.05) is 344 Å². The molecule has 8 heteroatoms. The molecule has 9 atom stereocenters. The minimum absolute atomic E-state index is 0. The van der Waals surface area contributed by atoms with Crippen molar-refractivity contribution in [3.63, 3.8) is 0 Å². The largest absolute Gasteiger partial charge is 0.376 e. The van der Waals surface area contributed by atoms with Crippen LogP contribution in [0.25, 0.3) is 33.0 Å². The van der Waals surface area contributed by atoms with Crippen molar-refractivity contribution in [3.8, 4) is 22.3 Å². The molecule has 10 aromatic carbocycles. The topological polar surface area (TPSA) is 55.4 Å². The van der Waals surface area contributed by atoms with E-state index in [2.05, 4.69) is 351 Å². The molecule has 4 saturated heterocycles. The summed E-state index contributed by atoms with van der Waals surface area (Å²) in [5.74, 6) is 4.54. The quantitative estimate of drug-likeness (QED) is 0.0701. The Morgan fingerprint density at radius 2 is 0.696 bits per heavy atom. The molecule has 0 aromatic heterocycles. The Labute approximate surface area is 690 Å². The molecule has 4 aliphatic heterocycles. The number of ether oxygens (including phenoxy) is 6. The summed E-state index contributed by atoms with van der Waals surface area (Å²) in [5, 5.41) is 2.67. The molecule has 4 fully saturated rings. The lowest BCUT2D eigenvalue weighted by Crippen LogP contribution is -2.32. The van der Waals surface area contributed by atoms with Crippen molar-refractivity contribution in [3.05, 3.63) is 296 Å². The van der Waals surface area contributed by atoms with Crippen molar-refractivity contribution in [1.82, 2.24) is 0 Å². The van der Waals surface area contributed by atoms with Gasteiger partial charge in [0.1, 0.15) is 24.4 Å². The predicted octanol–water partition coefficient (Wildman–Crippen LogP) is 28.7. The first-order chi connectivity index (χ1) is 52.8. The Hall–Kier alpha value is -7.08. The first kappa shape index (κ1) is 97.3. The number of hydrogen-bond donors (Lipinski definition) is 0. The van der Waals surface area contributed by atoms with Crippen LogP contribution in [0.3, 0.4) is 0 Å². The molecule has 4 aliphatic rings. The molecule has 0 N–H and O–H groups in total. The summed E-state index contributed by atoms with van der Waals surface area (Å²) in [6.07, 6.45) is 10.7. The third-order valence-electron chi connectivity index (χ3n) is 20.7. The van der Waals surface area contributed by atoms with E-state index in [1.807, 2.05) is 23.5 Å². The third kappa shape index (κ3) is 34.2. The van der Waals surface area contributed by atoms with Crippen molar-refractivity contribution in [1.29, 1.82) is 0 Å². The van der Waals surface area contributed by atoms with Crippen molar-refractivity contribution >= 4 is 34.3 Å². The van der Waals surface area contributed by atoms with Gasteiger partial charge in [-0.2, -0.15) is 0 Å². The highest BCUT2D eigenvalue weighted by Gasteiger charge is 2.48. The monoisotopic (exact) mass is 1550 g/mol. The number of unbranched alkanes of at least 4 members (excludes halogenated alkanes) is 5. The molecule has 0 bridgehead atoms. The number of benzene rings is 10. The number of fused-ring (bicyclic) bond motifs is 3. The van der Waals surface area contributed by atoms with Crippen molar-refractivity contribution in [2.24, 2.45) is 17.8 Å². The maximum absolute atomic E-state index is 5.58. The summed E-state index contributed by atoms with van der Waals surface area (Å²) in [6, 6.07) is 75.9. The fourth-order valence-corrected chi connectivity index (χ4v) is 15.4. The molecule has 10 aromatic rings. The highest BCUT2D eigenvalue weighted by molar-refractivity contribution is 7.99. The van der Waals surface area contributed by atoms with Gasteiger partial charge in [0.2, 0.25) is 0 Å². The van der Waals surface area contributed by atoms with Gasteiger partial charge in [0.15, 0.2) is 0 Å². The van der Waals surface area contributed by atoms with E-state index in [1.54, 1.807) is 14.2 Å². The van der Waals surface area contributed by atoms with Gasteiger partial charge in [0.25, 0.3) is 0 Å². The van der Waals surface area contributed by atoms with Crippen LogP contribution in [0.4, 0.5) is 0 Å². The van der Waals surface area contributed by atoms with Gasteiger partial charge in [-0.05, 0) is 195 Å². The molecule has 112 heavy (non-hydrogen) atoms. The Kier molecular flexibility index (Phi) is 45.5. The normalized spacial score (nSPS) is 18.1. The summed E-state index contributed by atoms with van der Waals surface area (Å²) in [4.78, 5) is 2.92. The maximum Gasteiger partial charge on any atom is 0.115 e. The van der Waals surface area contributed by atoms with Crippen LogP contribution in [0.5, 0.6) is 0 Å². The molecular formula is C104H144O6S2. The third-order valence-corrected chi connectivity index (χ3v) is 23.5. The molecule has 0 amide bonds. The molecule has 0 saturated carbocycles. The highest BCUT2D eigenvalue weighted by atomic mass is 32.2. The number of thioether (sulfide) groups is 2. The van der Waals surface area contributed by atoms with E-state index in [0.29, 0.717) is 37.3 Å². The van der Waals surface area contributed by atoms with Gasteiger partial charge in [0, 0.05) is 41.6 Å². The standard InChI is InChI=1S/C16H26S.2C14H14.C13H20S.C12H12.C9H12.C8H14O4.C8H14O2.C8H10.2CH4/c1-4-5-6-7-8-9-12-17-16-13-14(2)10-11-15(16)3;1-11-3-7-13(8-4-11)14-9-5-12(2)6-10-14;1-11-8-9-12(2)14(10-11)13-6-4-3-5-7-13;1-5-10(2)9-14-13-8-11(3)6-7-12(13)4;1-9-3-5-12-8-10(2)4-6-11(12)7-9;1-7-4-5-8(2)9(3)6-7;1-9-5-3-11-8-6(10-2)4-12-7(5)8;1-5-3-9-8-6(2)4-10-7(5)8;1-7-3-5-8(2)6-4-7;;/h10-11,13H,4-9,12H2,1-3H3;2*3-10H,1-2H3;6-8,10H,5,9H2,1-4H3;3-8H,1-2H3;4-6H,1-3H3;5-8H,3-4H2,1-2H3;5-8H,3-4H2,1-2H3;3-6H,1-2H3;2*1H4/t;;;;;;5-,6-,7-,8-;5-,6+,7?,8?;;;/m......1..../s1. The van der Waals surface area contributed by atoms with Crippen LogP contribution in [0.1, 0.15) is 178 Å². The Bertz CT molecular complexity index is 4090. The van der Waals surface area contributed by atoms with Gasteiger partial charge in [0.05, 0.1) is 38.6 Å². The minimum Gasteiger partial charge on any atom is -0.376 e. The molecule has 0 radical (unpaired) electrons. The number of aryl methyl sites for hydroxylation is 15. The van der Waals surface area contributed by atoms with E-state index in [1.165, 1.54) is 183 Å². The van der Waals surface area contributed by atoms with Crippen LogP contribution in [-0.4, -0.2) is 88.8 Å². The lowest BCUT2D eigenvalue weighted by Gasteiger charge is -2.14. The second-order valence-corrected chi connectivity index (χ2v) is 33.4. The zero-order valence-electron chi connectivity index (χ0n) is 71.4. The minimum atomic E-state index is 0. The summed E-state index contributed by atoms with van der Waals surface area (Å²) < 4.78 is 32.6. The molecule has 14 rings (SSSR count). The first-order valence-corrected chi connectivity index (χ1v) is 42.5. The van der Waals surface area contributed by atoms with Gasteiger partial charge in [-0.15, -0.1) is 23.5 Å². The zero-order chi connectivity index (χ0) is 80.1. The lowest BCUT2D eigenvalue weighted by molar-refractivity contribution is -0.0267.